The molecule has 0 spiro atoms. The molecule has 1 aliphatic heterocycles. The topological polar surface area (TPSA) is 39.1 Å². The third-order valence-electron chi connectivity index (χ3n) is 3.61. The minimum absolute atomic E-state index is 0.369. The summed E-state index contributed by atoms with van der Waals surface area (Å²) >= 11 is 0. The monoisotopic (exact) mass is 237 g/mol. The van der Waals surface area contributed by atoms with Crippen LogP contribution in [0.4, 0.5) is 0 Å². The first kappa shape index (κ1) is 12.6. The third kappa shape index (κ3) is 3.54. The first-order valence-electron chi connectivity index (χ1n) is 6.61. The maximum absolute atomic E-state index is 5.71. The number of hydrogen-bond donors (Lipinski definition) is 1. The zero-order valence-corrected chi connectivity index (χ0v) is 10.8. The van der Waals surface area contributed by atoms with Crippen molar-refractivity contribution < 1.29 is 4.74 Å². The largest absolute Gasteiger partial charge is 0.377 e. The maximum atomic E-state index is 5.71. The van der Waals surface area contributed by atoms with E-state index in [0.29, 0.717) is 18.2 Å². The van der Waals surface area contributed by atoms with Crippen LogP contribution in [0, 0.1) is 0 Å². The van der Waals surface area contributed by atoms with Gasteiger partial charge in [0.2, 0.25) is 0 Å². The molecule has 4 nitrogen and oxygen atoms in total. The van der Waals surface area contributed by atoms with Crippen LogP contribution in [-0.2, 0) is 4.74 Å². The Bertz CT molecular complexity index is 306. The second kappa shape index (κ2) is 6.17. The van der Waals surface area contributed by atoms with E-state index in [2.05, 4.69) is 24.3 Å². The Morgan fingerprint density at radius 1 is 1.47 bits per heavy atom. The fourth-order valence-electron chi connectivity index (χ4n) is 2.21. The fraction of sp³-hybridized carbons (Fsp3) is 0.769. The number of nitrogens with one attached hydrogen (secondary N) is 1. The molecule has 1 aromatic heterocycles. The predicted octanol–water partition coefficient (Wildman–Crippen LogP) is 1.99. The molecule has 4 heteroatoms. The fourth-order valence-corrected chi connectivity index (χ4v) is 2.21. The van der Waals surface area contributed by atoms with Crippen LogP contribution < -0.4 is 5.32 Å². The summed E-state index contributed by atoms with van der Waals surface area (Å²) in [5.41, 5.74) is 0. The molecular formula is C13H23N3O. The highest BCUT2D eigenvalue weighted by Gasteiger charge is 2.18. The van der Waals surface area contributed by atoms with E-state index in [9.17, 15) is 0 Å². The van der Waals surface area contributed by atoms with E-state index in [1.165, 1.54) is 19.3 Å². The zero-order chi connectivity index (χ0) is 12.1. The van der Waals surface area contributed by atoms with Gasteiger partial charge in [0, 0.05) is 31.6 Å². The Balaban J connectivity index is 1.74. The molecule has 17 heavy (non-hydrogen) atoms. The molecule has 96 valence electrons. The van der Waals surface area contributed by atoms with E-state index in [4.69, 9.17) is 4.74 Å². The van der Waals surface area contributed by atoms with Crippen LogP contribution in [0.25, 0.3) is 0 Å². The van der Waals surface area contributed by atoms with Crippen molar-refractivity contribution in [1.82, 2.24) is 15.1 Å². The van der Waals surface area contributed by atoms with Crippen LogP contribution >= 0.6 is 0 Å². The molecule has 0 aromatic carbocycles. The van der Waals surface area contributed by atoms with Crippen molar-refractivity contribution in [2.75, 3.05) is 13.2 Å². The van der Waals surface area contributed by atoms with E-state index in [0.717, 1.165) is 13.2 Å². The van der Waals surface area contributed by atoms with Gasteiger partial charge in [-0.05, 0) is 39.2 Å². The molecule has 1 saturated heterocycles. The average molecular weight is 237 g/mol. The van der Waals surface area contributed by atoms with Gasteiger partial charge in [0.25, 0.3) is 0 Å². The van der Waals surface area contributed by atoms with Crippen molar-refractivity contribution in [3.05, 3.63) is 18.5 Å². The van der Waals surface area contributed by atoms with Crippen molar-refractivity contribution in [2.45, 2.75) is 51.3 Å². The molecule has 1 fully saturated rings. The van der Waals surface area contributed by atoms with Crippen LogP contribution in [0.5, 0.6) is 0 Å². The van der Waals surface area contributed by atoms with Crippen molar-refractivity contribution in [3.8, 4) is 0 Å². The molecule has 0 saturated carbocycles. The van der Waals surface area contributed by atoms with E-state index in [-0.39, 0.29) is 0 Å². The molecule has 2 rings (SSSR count). The molecular weight excluding hydrogens is 214 g/mol. The van der Waals surface area contributed by atoms with E-state index < -0.39 is 0 Å². The first-order chi connectivity index (χ1) is 8.27. The van der Waals surface area contributed by atoms with Crippen LogP contribution in [-0.4, -0.2) is 35.1 Å². The molecule has 0 bridgehead atoms. The van der Waals surface area contributed by atoms with Crippen molar-refractivity contribution in [2.24, 2.45) is 0 Å². The smallest absolute Gasteiger partial charge is 0.0699 e. The van der Waals surface area contributed by atoms with Gasteiger partial charge >= 0.3 is 0 Å². The average Bonchev–Trinajstić information content (AvgIpc) is 2.90. The summed E-state index contributed by atoms with van der Waals surface area (Å²) in [7, 11) is 0. The summed E-state index contributed by atoms with van der Waals surface area (Å²) in [6.07, 6.45) is 7.95. The van der Waals surface area contributed by atoms with Crippen LogP contribution in [0.15, 0.2) is 18.5 Å². The number of ether oxygens (including phenoxy) is 1. The summed E-state index contributed by atoms with van der Waals surface area (Å²) in [5.74, 6) is 0. The lowest BCUT2D eigenvalue weighted by Gasteiger charge is -2.27. The standard InChI is InChI=1S/C13H23N3O/c1-11(12(2)16-8-5-7-15-16)14-10-13-6-3-4-9-17-13/h5,7-8,11-14H,3-4,6,9-10H2,1-2H3. The first-order valence-corrected chi connectivity index (χ1v) is 6.61. The van der Waals surface area contributed by atoms with Gasteiger partial charge in [-0.25, -0.2) is 0 Å². The van der Waals surface area contributed by atoms with Crippen molar-refractivity contribution in [1.29, 1.82) is 0 Å². The summed E-state index contributed by atoms with van der Waals surface area (Å²) in [6.45, 7) is 6.27. The minimum Gasteiger partial charge on any atom is -0.377 e. The maximum Gasteiger partial charge on any atom is 0.0699 e. The lowest BCUT2D eigenvalue weighted by atomic mass is 10.1. The second-order valence-corrected chi connectivity index (χ2v) is 4.91. The van der Waals surface area contributed by atoms with Gasteiger partial charge < -0.3 is 10.1 Å². The van der Waals surface area contributed by atoms with E-state index in [1.807, 2.05) is 23.1 Å². The van der Waals surface area contributed by atoms with Gasteiger partial charge in [-0.1, -0.05) is 0 Å². The Hall–Kier alpha value is -0.870. The van der Waals surface area contributed by atoms with Gasteiger partial charge in [-0.15, -0.1) is 0 Å². The molecule has 0 radical (unpaired) electrons. The molecule has 2 heterocycles. The Morgan fingerprint density at radius 3 is 3.00 bits per heavy atom. The van der Waals surface area contributed by atoms with Gasteiger partial charge in [0.05, 0.1) is 12.1 Å². The Morgan fingerprint density at radius 2 is 2.35 bits per heavy atom. The highest BCUT2D eigenvalue weighted by atomic mass is 16.5. The van der Waals surface area contributed by atoms with Gasteiger partial charge in [-0.2, -0.15) is 5.10 Å². The minimum atomic E-state index is 0.369. The molecule has 1 N–H and O–H groups in total. The van der Waals surface area contributed by atoms with E-state index >= 15 is 0 Å². The summed E-state index contributed by atoms with van der Waals surface area (Å²) < 4.78 is 7.71. The normalized spacial score (nSPS) is 24.5. The molecule has 0 aliphatic carbocycles. The van der Waals surface area contributed by atoms with Crippen molar-refractivity contribution in [3.63, 3.8) is 0 Å². The number of hydrogen-bond acceptors (Lipinski definition) is 3. The van der Waals surface area contributed by atoms with Crippen molar-refractivity contribution >= 4 is 0 Å². The number of aromatic nitrogens is 2. The van der Waals surface area contributed by atoms with Gasteiger partial charge in [0.1, 0.15) is 0 Å². The third-order valence-corrected chi connectivity index (χ3v) is 3.61. The van der Waals surface area contributed by atoms with Crippen LogP contribution in [0.3, 0.4) is 0 Å². The van der Waals surface area contributed by atoms with E-state index in [1.54, 1.807) is 0 Å². The van der Waals surface area contributed by atoms with Gasteiger partial charge in [-0.3, -0.25) is 4.68 Å². The predicted molar refractivity (Wildman–Crippen MR) is 68.0 cm³/mol. The zero-order valence-electron chi connectivity index (χ0n) is 10.8. The highest BCUT2D eigenvalue weighted by molar-refractivity contribution is 4.84. The molecule has 1 aliphatic rings. The highest BCUT2D eigenvalue weighted by Crippen LogP contribution is 2.13. The number of rotatable bonds is 5. The summed E-state index contributed by atoms with van der Waals surface area (Å²) in [4.78, 5) is 0. The molecule has 3 unspecified atom stereocenters. The SMILES string of the molecule is CC(NCC1CCCCO1)C(C)n1cccn1. The van der Waals surface area contributed by atoms with Crippen LogP contribution in [0.1, 0.15) is 39.2 Å². The quantitative estimate of drug-likeness (QED) is 0.851. The van der Waals surface area contributed by atoms with Gasteiger partial charge in [0.15, 0.2) is 0 Å². The summed E-state index contributed by atoms with van der Waals surface area (Å²) in [6, 6.07) is 2.74. The second-order valence-electron chi connectivity index (χ2n) is 4.91. The molecule has 1 aromatic rings. The Labute approximate surface area is 103 Å². The lowest BCUT2D eigenvalue weighted by molar-refractivity contribution is 0.0147. The molecule has 3 atom stereocenters. The molecule has 0 amide bonds. The van der Waals surface area contributed by atoms with Crippen LogP contribution in [0.2, 0.25) is 0 Å². The Kier molecular flexibility index (Phi) is 4.57. The summed E-state index contributed by atoms with van der Waals surface area (Å²) in [5, 5.41) is 7.83. The lowest BCUT2D eigenvalue weighted by Crippen LogP contribution is -2.40. The number of nitrogens with zero attached hydrogens (tertiary/aromatic N) is 2.